The number of thioether (sulfide) groups is 1. The summed E-state index contributed by atoms with van der Waals surface area (Å²) in [5.41, 5.74) is 3.96. The van der Waals surface area contributed by atoms with Gasteiger partial charge < -0.3 is 9.47 Å². The van der Waals surface area contributed by atoms with E-state index < -0.39 is 0 Å². The van der Waals surface area contributed by atoms with Crippen molar-refractivity contribution in [1.29, 1.82) is 0 Å². The van der Waals surface area contributed by atoms with Crippen LogP contribution in [-0.4, -0.2) is 27.7 Å². The average molecular weight is 269 g/mol. The molecule has 0 N–H and O–H groups in total. The molecule has 0 saturated heterocycles. The molecule has 0 radical (unpaired) electrons. The molecule has 2 aromatic rings. The third kappa shape index (κ3) is 1.49. The molecule has 2 aliphatic rings. The van der Waals surface area contributed by atoms with Crippen LogP contribution in [-0.2, 0) is 7.05 Å². The van der Waals surface area contributed by atoms with E-state index in [0.717, 1.165) is 13.1 Å². The maximum absolute atomic E-state index is 4.57. The van der Waals surface area contributed by atoms with E-state index in [-0.39, 0.29) is 0 Å². The van der Waals surface area contributed by atoms with Gasteiger partial charge >= 0.3 is 0 Å². The highest BCUT2D eigenvalue weighted by Crippen LogP contribution is 2.43. The minimum atomic E-state index is 0.921. The van der Waals surface area contributed by atoms with Crippen LogP contribution < -0.4 is 0 Å². The molecule has 19 heavy (non-hydrogen) atoms. The molecule has 1 aromatic heterocycles. The molecule has 1 aromatic carbocycles. The predicted octanol–water partition coefficient (Wildman–Crippen LogP) is 3.29. The zero-order valence-electron chi connectivity index (χ0n) is 11.1. The fraction of sp³-hybridized carbons (Fsp3) is 0.267. The minimum Gasteiger partial charge on any atom is -0.350 e. The SMILES string of the molecule is CC1=C(c2cn(C)c3ccccc23)N2CCN=C2S1. The first-order valence-corrected chi connectivity index (χ1v) is 7.32. The Morgan fingerprint density at radius 3 is 3.00 bits per heavy atom. The summed E-state index contributed by atoms with van der Waals surface area (Å²) in [6, 6.07) is 8.60. The van der Waals surface area contributed by atoms with E-state index in [4.69, 9.17) is 0 Å². The summed E-state index contributed by atoms with van der Waals surface area (Å²) >= 11 is 1.80. The second-order valence-corrected chi connectivity index (χ2v) is 6.18. The largest absolute Gasteiger partial charge is 0.350 e. The van der Waals surface area contributed by atoms with Crippen molar-refractivity contribution < 1.29 is 0 Å². The zero-order chi connectivity index (χ0) is 13.0. The third-order valence-electron chi connectivity index (χ3n) is 3.80. The van der Waals surface area contributed by atoms with E-state index in [1.807, 2.05) is 0 Å². The normalized spacial score (nSPS) is 18.4. The molecular weight excluding hydrogens is 254 g/mol. The molecule has 96 valence electrons. The van der Waals surface area contributed by atoms with Crippen LogP contribution >= 0.6 is 11.8 Å². The summed E-state index contributed by atoms with van der Waals surface area (Å²) in [5.74, 6) is 0. The highest BCUT2D eigenvalue weighted by atomic mass is 32.2. The van der Waals surface area contributed by atoms with Crippen molar-refractivity contribution in [3.8, 4) is 0 Å². The maximum Gasteiger partial charge on any atom is 0.168 e. The van der Waals surface area contributed by atoms with Crippen LogP contribution in [0, 0.1) is 0 Å². The number of aryl methyl sites for hydroxylation is 1. The Bertz CT molecular complexity index is 739. The highest BCUT2D eigenvalue weighted by Gasteiger charge is 2.32. The van der Waals surface area contributed by atoms with Gasteiger partial charge in [-0.1, -0.05) is 30.0 Å². The number of hydrogen-bond donors (Lipinski definition) is 0. The standard InChI is InChI=1S/C15H15N3S/c1-10-14(18-8-7-16-15(18)19-10)12-9-17(2)13-6-4-3-5-11(12)13/h3-6,9H,7-8H2,1-2H3. The molecule has 0 amide bonds. The molecule has 0 unspecified atom stereocenters. The Morgan fingerprint density at radius 1 is 1.26 bits per heavy atom. The molecule has 3 heterocycles. The van der Waals surface area contributed by atoms with Gasteiger partial charge in [0.05, 0.1) is 12.2 Å². The quantitative estimate of drug-likeness (QED) is 0.792. The second-order valence-electron chi connectivity index (χ2n) is 4.99. The van der Waals surface area contributed by atoms with E-state index in [1.54, 1.807) is 11.8 Å². The molecule has 0 fully saturated rings. The molecule has 0 bridgehead atoms. The Hall–Kier alpha value is -1.68. The number of amidine groups is 1. The van der Waals surface area contributed by atoms with Crippen LogP contribution in [0.15, 0.2) is 40.4 Å². The Kier molecular flexibility index (Phi) is 2.30. The van der Waals surface area contributed by atoms with Crippen LogP contribution in [0.3, 0.4) is 0 Å². The van der Waals surface area contributed by atoms with Gasteiger partial charge in [0.1, 0.15) is 0 Å². The van der Waals surface area contributed by atoms with Gasteiger partial charge in [0.25, 0.3) is 0 Å². The summed E-state index contributed by atoms with van der Waals surface area (Å²) in [6.45, 7) is 4.13. The van der Waals surface area contributed by atoms with Crippen LogP contribution in [0.5, 0.6) is 0 Å². The number of hydrogen-bond acceptors (Lipinski definition) is 3. The van der Waals surface area contributed by atoms with Gasteiger partial charge in [0.2, 0.25) is 0 Å². The van der Waals surface area contributed by atoms with Gasteiger partial charge in [-0.15, -0.1) is 0 Å². The van der Waals surface area contributed by atoms with E-state index in [2.05, 4.69) is 58.9 Å². The van der Waals surface area contributed by atoms with Gasteiger partial charge in [0, 0.05) is 41.2 Å². The molecule has 4 rings (SSSR count). The Labute approximate surface area is 116 Å². The molecule has 3 nitrogen and oxygen atoms in total. The number of nitrogens with zero attached hydrogens (tertiary/aromatic N) is 3. The molecule has 0 aliphatic carbocycles. The minimum absolute atomic E-state index is 0.921. The molecule has 0 spiro atoms. The van der Waals surface area contributed by atoms with Gasteiger partial charge in [-0.25, -0.2) is 0 Å². The van der Waals surface area contributed by atoms with Crippen molar-refractivity contribution in [2.75, 3.05) is 13.1 Å². The monoisotopic (exact) mass is 269 g/mol. The topological polar surface area (TPSA) is 20.5 Å². The van der Waals surface area contributed by atoms with Crippen LogP contribution in [0.2, 0.25) is 0 Å². The molecular formula is C15H15N3S. The van der Waals surface area contributed by atoms with Gasteiger partial charge in [-0.2, -0.15) is 0 Å². The summed E-state index contributed by atoms with van der Waals surface area (Å²) < 4.78 is 2.21. The first-order chi connectivity index (χ1) is 9.25. The van der Waals surface area contributed by atoms with Crippen LogP contribution in [0.1, 0.15) is 12.5 Å². The van der Waals surface area contributed by atoms with E-state index in [9.17, 15) is 0 Å². The number of aliphatic imine (C=N–C) groups is 1. The molecule has 0 saturated carbocycles. The van der Waals surface area contributed by atoms with Crippen molar-refractivity contribution in [3.05, 3.63) is 40.9 Å². The highest BCUT2D eigenvalue weighted by molar-refractivity contribution is 8.17. The number of aromatic nitrogens is 1. The summed E-state index contributed by atoms with van der Waals surface area (Å²) in [6.07, 6.45) is 2.24. The summed E-state index contributed by atoms with van der Waals surface area (Å²) in [4.78, 5) is 8.29. The molecule has 0 atom stereocenters. The first kappa shape index (κ1) is 11.2. The van der Waals surface area contributed by atoms with E-state index >= 15 is 0 Å². The number of fused-ring (bicyclic) bond motifs is 2. The number of benzene rings is 1. The van der Waals surface area contributed by atoms with Crippen molar-refractivity contribution in [2.24, 2.45) is 12.0 Å². The average Bonchev–Trinajstić information content (AvgIpc) is 3.04. The Morgan fingerprint density at radius 2 is 2.11 bits per heavy atom. The van der Waals surface area contributed by atoms with Crippen molar-refractivity contribution in [1.82, 2.24) is 9.47 Å². The van der Waals surface area contributed by atoms with E-state index in [0.29, 0.717) is 0 Å². The second kappa shape index (κ2) is 3.90. The fourth-order valence-corrected chi connectivity index (χ4v) is 4.00. The van der Waals surface area contributed by atoms with Crippen LogP contribution in [0.25, 0.3) is 16.6 Å². The van der Waals surface area contributed by atoms with Gasteiger partial charge in [0.15, 0.2) is 5.17 Å². The smallest absolute Gasteiger partial charge is 0.168 e. The predicted molar refractivity (Wildman–Crippen MR) is 82.1 cm³/mol. The summed E-state index contributed by atoms with van der Waals surface area (Å²) in [5, 5.41) is 2.49. The fourth-order valence-electron chi connectivity index (χ4n) is 2.96. The Balaban J connectivity index is 1.96. The first-order valence-electron chi connectivity index (χ1n) is 6.51. The third-order valence-corrected chi connectivity index (χ3v) is 4.83. The lowest BCUT2D eigenvalue weighted by Gasteiger charge is -2.16. The number of rotatable bonds is 1. The molecule has 2 aliphatic heterocycles. The van der Waals surface area contributed by atoms with Gasteiger partial charge in [-0.05, 0) is 13.0 Å². The molecule has 4 heteroatoms. The number of allylic oxidation sites excluding steroid dienone is 1. The number of para-hydroxylation sites is 1. The van der Waals surface area contributed by atoms with E-state index in [1.165, 1.54) is 32.2 Å². The van der Waals surface area contributed by atoms with Gasteiger partial charge in [-0.3, -0.25) is 4.99 Å². The zero-order valence-corrected chi connectivity index (χ0v) is 11.9. The summed E-state index contributed by atoms with van der Waals surface area (Å²) in [7, 11) is 2.11. The van der Waals surface area contributed by atoms with Crippen molar-refractivity contribution >= 4 is 33.5 Å². The van der Waals surface area contributed by atoms with Crippen molar-refractivity contribution in [2.45, 2.75) is 6.92 Å². The lowest BCUT2D eigenvalue weighted by Crippen LogP contribution is -2.19. The van der Waals surface area contributed by atoms with Crippen molar-refractivity contribution in [3.63, 3.8) is 0 Å². The lowest BCUT2D eigenvalue weighted by atomic mass is 10.1. The van der Waals surface area contributed by atoms with Crippen LogP contribution in [0.4, 0.5) is 0 Å². The maximum atomic E-state index is 4.57. The lowest BCUT2D eigenvalue weighted by molar-refractivity contribution is 0.648.